The molecular weight excluding hydrogens is 485 g/mol. The lowest BCUT2D eigenvalue weighted by Crippen LogP contribution is -2.43. The highest BCUT2D eigenvalue weighted by Crippen LogP contribution is 2.27. The molecule has 1 aliphatic heterocycles. The van der Waals surface area contributed by atoms with Crippen LogP contribution in [0.5, 0.6) is 0 Å². The summed E-state index contributed by atoms with van der Waals surface area (Å²) in [6, 6.07) is 0. The van der Waals surface area contributed by atoms with E-state index >= 15 is 0 Å². The first kappa shape index (κ1) is 23.8. The van der Waals surface area contributed by atoms with Crippen molar-refractivity contribution in [1.82, 2.24) is 20.1 Å². The number of halogens is 1. The number of likely N-dealkylation sites (tertiary alicyclic amines) is 1. The van der Waals surface area contributed by atoms with Gasteiger partial charge in [-0.1, -0.05) is 0 Å². The van der Waals surface area contributed by atoms with E-state index in [1.54, 1.807) is 7.11 Å². The van der Waals surface area contributed by atoms with E-state index in [0.717, 1.165) is 44.5 Å². The summed E-state index contributed by atoms with van der Waals surface area (Å²) >= 11 is 1.89. The maximum atomic E-state index is 5.19. The Morgan fingerprint density at radius 3 is 2.75 bits per heavy atom. The highest BCUT2D eigenvalue weighted by Gasteiger charge is 2.20. The number of nitrogens with one attached hydrogen (secondary N) is 1. The molecule has 3 rings (SSSR count). The van der Waals surface area contributed by atoms with Gasteiger partial charge in [0.05, 0.1) is 18.8 Å². The molecule has 2 aliphatic rings. The van der Waals surface area contributed by atoms with Crippen molar-refractivity contribution in [1.29, 1.82) is 0 Å². The fourth-order valence-corrected chi connectivity index (χ4v) is 5.22. The molecule has 28 heavy (non-hydrogen) atoms. The van der Waals surface area contributed by atoms with E-state index in [9.17, 15) is 0 Å². The van der Waals surface area contributed by atoms with Crippen molar-refractivity contribution >= 4 is 41.3 Å². The van der Waals surface area contributed by atoms with Gasteiger partial charge in [-0.3, -0.25) is 4.99 Å². The number of aliphatic imine (C=N–C) groups is 1. The van der Waals surface area contributed by atoms with Crippen LogP contribution in [0.3, 0.4) is 0 Å². The van der Waals surface area contributed by atoms with Crippen molar-refractivity contribution in [3.63, 3.8) is 0 Å². The summed E-state index contributed by atoms with van der Waals surface area (Å²) in [7, 11) is 5.77. The molecule has 0 radical (unpaired) electrons. The molecule has 1 fully saturated rings. The second-order valence-electron chi connectivity index (χ2n) is 7.75. The Morgan fingerprint density at radius 1 is 1.32 bits per heavy atom. The van der Waals surface area contributed by atoms with Crippen LogP contribution in [0.25, 0.3) is 0 Å². The maximum Gasteiger partial charge on any atom is 0.193 e. The average Bonchev–Trinajstić information content (AvgIpc) is 3.10. The lowest BCUT2D eigenvalue weighted by atomic mass is 9.97. The number of fused-ring (bicyclic) bond motifs is 1. The smallest absolute Gasteiger partial charge is 0.193 e. The van der Waals surface area contributed by atoms with Gasteiger partial charge < -0.3 is 19.9 Å². The quantitative estimate of drug-likeness (QED) is 0.340. The standard InChI is InChI=1S/C20H35N5OS.HI/c1-21-20(22-14-16-8-10-25(11-9-16)12-13-26-3)24(2)15-19-23-17-6-4-5-7-18(17)27-19;/h16H,4-15H2,1-3H3,(H,21,22);1H. The van der Waals surface area contributed by atoms with Crippen molar-refractivity contribution < 1.29 is 4.74 Å². The molecule has 0 saturated carbocycles. The van der Waals surface area contributed by atoms with Crippen molar-refractivity contribution in [2.75, 3.05) is 54.0 Å². The topological polar surface area (TPSA) is 53.0 Å². The average molecular weight is 522 g/mol. The Bertz CT molecular complexity index is 592. The molecule has 1 aromatic heterocycles. The molecule has 0 spiro atoms. The van der Waals surface area contributed by atoms with Crippen LogP contribution < -0.4 is 5.32 Å². The Hall–Kier alpha value is -0.450. The highest BCUT2D eigenvalue weighted by atomic mass is 127. The van der Waals surface area contributed by atoms with E-state index in [0.29, 0.717) is 0 Å². The van der Waals surface area contributed by atoms with E-state index in [2.05, 4.69) is 27.2 Å². The Morgan fingerprint density at radius 2 is 2.07 bits per heavy atom. The molecule has 2 heterocycles. The first-order chi connectivity index (χ1) is 13.2. The minimum absolute atomic E-state index is 0. The van der Waals surface area contributed by atoms with Gasteiger partial charge in [0.2, 0.25) is 0 Å². The predicted octanol–water partition coefficient (Wildman–Crippen LogP) is 3.01. The van der Waals surface area contributed by atoms with Gasteiger partial charge in [-0.05, 0) is 57.5 Å². The minimum atomic E-state index is 0. The largest absolute Gasteiger partial charge is 0.383 e. The summed E-state index contributed by atoms with van der Waals surface area (Å²) < 4.78 is 5.19. The lowest BCUT2D eigenvalue weighted by molar-refractivity contribution is 0.120. The molecule has 1 N–H and O–H groups in total. The van der Waals surface area contributed by atoms with Crippen molar-refractivity contribution in [3.8, 4) is 0 Å². The summed E-state index contributed by atoms with van der Waals surface area (Å²) in [6.45, 7) is 6.08. The number of hydrogen-bond acceptors (Lipinski definition) is 5. The Kier molecular flexibility index (Phi) is 10.5. The molecular formula is C20H36IN5OS. The van der Waals surface area contributed by atoms with Gasteiger partial charge in [-0.15, -0.1) is 35.3 Å². The highest BCUT2D eigenvalue weighted by molar-refractivity contribution is 14.0. The number of nitrogens with zero attached hydrogens (tertiary/aromatic N) is 4. The summed E-state index contributed by atoms with van der Waals surface area (Å²) in [5.74, 6) is 1.70. The van der Waals surface area contributed by atoms with Crippen LogP contribution in [0.4, 0.5) is 0 Å². The Balaban J connectivity index is 0.00000280. The molecule has 160 valence electrons. The fraction of sp³-hybridized carbons (Fsp3) is 0.800. The van der Waals surface area contributed by atoms with E-state index in [-0.39, 0.29) is 24.0 Å². The molecule has 0 amide bonds. The fourth-order valence-electron chi connectivity index (χ4n) is 4.01. The van der Waals surface area contributed by atoms with Crippen LogP contribution in [0.15, 0.2) is 4.99 Å². The van der Waals surface area contributed by atoms with Crippen molar-refractivity contribution in [2.24, 2.45) is 10.9 Å². The SMILES string of the molecule is CN=C(NCC1CCN(CCOC)CC1)N(C)Cc1nc2c(s1)CCCC2.I. The minimum Gasteiger partial charge on any atom is -0.383 e. The van der Waals surface area contributed by atoms with Gasteiger partial charge in [0, 0.05) is 39.2 Å². The molecule has 0 aromatic carbocycles. The monoisotopic (exact) mass is 521 g/mol. The van der Waals surface area contributed by atoms with E-state index < -0.39 is 0 Å². The first-order valence-electron chi connectivity index (χ1n) is 10.3. The Labute approximate surface area is 191 Å². The molecule has 8 heteroatoms. The van der Waals surface area contributed by atoms with Crippen LogP contribution in [0.1, 0.15) is 41.3 Å². The number of aryl methyl sites for hydroxylation is 2. The van der Waals surface area contributed by atoms with Gasteiger partial charge in [0.15, 0.2) is 5.96 Å². The molecule has 1 aromatic rings. The molecule has 0 atom stereocenters. The number of aromatic nitrogens is 1. The van der Waals surface area contributed by atoms with Crippen LogP contribution >= 0.6 is 35.3 Å². The van der Waals surface area contributed by atoms with Crippen molar-refractivity contribution in [3.05, 3.63) is 15.6 Å². The second-order valence-corrected chi connectivity index (χ2v) is 8.91. The number of guanidine groups is 1. The maximum absolute atomic E-state index is 5.19. The third-order valence-electron chi connectivity index (χ3n) is 5.70. The normalized spacial score (nSPS) is 18.5. The number of rotatable bonds is 7. The first-order valence-corrected chi connectivity index (χ1v) is 11.1. The summed E-state index contributed by atoms with van der Waals surface area (Å²) in [5, 5.41) is 4.81. The molecule has 1 aliphatic carbocycles. The van der Waals surface area contributed by atoms with Crippen LogP contribution in [-0.4, -0.2) is 74.7 Å². The zero-order valence-corrected chi connectivity index (χ0v) is 20.7. The number of ether oxygens (including phenoxy) is 1. The van der Waals surface area contributed by atoms with Crippen LogP contribution in [-0.2, 0) is 24.1 Å². The number of methoxy groups -OCH3 is 1. The molecule has 0 unspecified atom stereocenters. The number of hydrogen-bond donors (Lipinski definition) is 1. The number of thiazole rings is 1. The van der Waals surface area contributed by atoms with E-state index in [4.69, 9.17) is 9.72 Å². The van der Waals surface area contributed by atoms with E-state index in [1.165, 1.54) is 60.8 Å². The van der Waals surface area contributed by atoms with Crippen LogP contribution in [0, 0.1) is 5.92 Å². The summed E-state index contributed by atoms with van der Waals surface area (Å²) in [4.78, 5) is 15.6. The summed E-state index contributed by atoms with van der Waals surface area (Å²) in [5.41, 5.74) is 1.35. The van der Waals surface area contributed by atoms with Gasteiger partial charge in [-0.2, -0.15) is 0 Å². The van der Waals surface area contributed by atoms with Crippen molar-refractivity contribution in [2.45, 2.75) is 45.1 Å². The molecule has 1 saturated heterocycles. The molecule has 0 bridgehead atoms. The second kappa shape index (κ2) is 12.3. The van der Waals surface area contributed by atoms with E-state index in [1.807, 2.05) is 18.4 Å². The predicted molar refractivity (Wildman–Crippen MR) is 128 cm³/mol. The zero-order valence-electron chi connectivity index (χ0n) is 17.6. The molecule has 6 nitrogen and oxygen atoms in total. The van der Waals surface area contributed by atoms with Gasteiger partial charge in [0.25, 0.3) is 0 Å². The van der Waals surface area contributed by atoms with Crippen LogP contribution in [0.2, 0.25) is 0 Å². The lowest BCUT2D eigenvalue weighted by Gasteiger charge is -2.32. The van der Waals surface area contributed by atoms with Gasteiger partial charge >= 0.3 is 0 Å². The van der Waals surface area contributed by atoms with Gasteiger partial charge in [0.1, 0.15) is 5.01 Å². The number of piperidine rings is 1. The van der Waals surface area contributed by atoms with Gasteiger partial charge in [-0.25, -0.2) is 4.98 Å². The third kappa shape index (κ3) is 6.81. The summed E-state index contributed by atoms with van der Waals surface area (Å²) in [6.07, 6.45) is 7.48. The zero-order chi connectivity index (χ0) is 19.1. The third-order valence-corrected chi connectivity index (χ3v) is 6.85.